The second kappa shape index (κ2) is 7.94. The monoisotopic (exact) mass is 378 g/mol. The van der Waals surface area contributed by atoms with Crippen LogP contribution in [0.15, 0.2) is 40.1 Å². The number of hydrogen-bond acceptors (Lipinski definition) is 8. The molecule has 4 rings (SSSR count). The Kier molecular flexibility index (Phi) is 5.24. The number of anilines is 1. The average Bonchev–Trinajstić information content (AvgIpc) is 3.19. The average molecular weight is 379 g/mol. The maximum atomic E-state index is 6.23. The molecule has 8 nitrogen and oxygen atoms in total. The van der Waals surface area contributed by atoms with Gasteiger partial charge < -0.3 is 29.3 Å². The number of furan rings is 1. The van der Waals surface area contributed by atoms with Gasteiger partial charge in [-0.15, -0.1) is 0 Å². The number of alkyl halides is 1. The summed E-state index contributed by atoms with van der Waals surface area (Å²) in [6.45, 7) is 2.55. The molecule has 0 bridgehead atoms. The van der Waals surface area contributed by atoms with Crippen molar-refractivity contribution in [2.24, 2.45) is 4.99 Å². The summed E-state index contributed by atoms with van der Waals surface area (Å²) in [7, 11) is 0. The van der Waals surface area contributed by atoms with E-state index in [0.29, 0.717) is 50.4 Å². The molecule has 0 amide bonds. The lowest BCUT2D eigenvalue weighted by Gasteiger charge is -2.26. The number of amidine groups is 1. The lowest BCUT2D eigenvalue weighted by Crippen LogP contribution is -2.34. The number of ether oxygens (including phenoxy) is 3. The third-order valence-electron chi connectivity index (χ3n) is 3.98. The molecule has 2 aliphatic heterocycles. The van der Waals surface area contributed by atoms with E-state index in [1.807, 2.05) is 18.2 Å². The van der Waals surface area contributed by atoms with Crippen molar-refractivity contribution in [2.75, 3.05) is 31.7 Å². The van der Waals surface area contributed by atoms with Crippen LogP contribution in [0.1, 0.15) is 11.3 Å². The highest BCUT2D eigenvalue weighted by Gasteiger charge is 2.24. The van der Waals surface area contributed by atoms with Crippen LogP contribution < -0.4 is 15.4 Å². The number of halogens is 1. The standard InChI is InChI=1S/C17H19ClN4O4/c18-17-21-14-13(15(22-17)20-8-11-2-1-5-24-11)3-4-19-16(14)26-10-12-9-23-6-7-25-12/h1-5,12,17,21H,6-10H2,(H,20,22). The van der Waals surface area contributed by atoms with Crippen molar-refractivity contribution in [3.05, 3.63) is 42.0 Å². The fourth-order valence-corrected chi connectivity index (χ4v) is 2.96. The number of nitrogens with one attached hydrogen (secondary N) is 2. The minimum Gasteiger partial charge on any atom is -0.473 e. The van der Waals surface area contributed by atoms with Gasteiger partial charge in [-0.2, -0.15) is 0 Å². The van der Waals surface area contributed by atoms with Gasteiger partial charge in [-0.25, -0.2) is 9.98 Å². The van der Waals surface area contributed by atoms with Gasteiger partial charge in [0.1, 0.15) is 30.0 Å². The minimum atomic E-state index is -0.623. The third kappa shape index (κ3) is 3.92. The second-order valence-corrected chi connectivity index (χ2v) is 6.22. The summed E-state index contributed by atoms with van der Waals surface area (Å²) in [6.07, 6.45) is 3.20. The van der Waals surface area contributed by atoms with Crippen molar-refractivity contribution in [1.29, 1.82) is 0 Å². The van der Waals surface area contributed by atoms with Gasteiger partial charge in [0.05, 0.1) is 32.6 Å². The summed E-state index contributed by atoms with van der Waals surface area (Å²) in [6, 6.07) is 5.58. The fraction of sp³-hybridized carbons (Fsp3) is 0.412. The zero-order valence-electron chi connectivity index (χ0n) is 14.0. The van der Waals surface area contributed by atoms with Gasteiger partial charge in [-0.05, 0) is 18.2 Å². The van der Waals surface area contributed by atoms with Crippen LogP contribution in [0.25, 0.3) is 0 Å². The normalized spacial score (nSPS) is 22.1. The molecule has 2 aromatic rings. The Bertz CT molecular complexity index is 762. The maximum absolute atomic E-state index is 6.23. The summed E-state index contributed by atoms with van der Waals surface area (Å²) >= 11 is 6.23. The SMILES string of the molecule is ClC1N=C(NCc2ccco2)c2ccnc(OCC3COCCO3)c2N1. The van der Waals surface area contributed by atoms with Crippen molar-refractivity contribution in [2.45, 2.75) is 18.3 Å². The van der Waals surface area contributed by atoms with E-state index in [1.165, 1.54) is 0 Å². The quantitative estimate of drug-likeness (QED) is 0.607. The Hall–Kier alpha value is -2.29. The van der Waals surface area contributed by atoms with E-state index in [2.05, 4.69) is 20.6 Å². The number of rotatable bonds is 5. The van der Waals surface area contributed by atoms with Crippen molar-refractivity contribution in [3.63, 3.8) is 0 Å². The molecule has 26 heavy (non-hydrogen) atoms. The van der Waals surface area contributed by atoms with Gasteiger partial charge >= 0.3 is 0 Å². The predicted octanol–water partition coefficient (Wildman–Crippen LogP) is 1.95. The molecule has 0 spiro atoms. The van der Waals surface area contributed by atoms with Gasteiger partial charge in [0.15, 0.2) is 5.62 Å². The van der Waals surface area contributed by atoms with E-state index < -0.39 is 5.62 Å². The van der Waals surface area contributed by atoms with Crippen LogP contribution in [0.4, 0.5) is 5.69 Å². The van der Waals surface area contributed by atoms with Crippen LogP contribution in [0.3, 0.4) is 0 Å². The Morgan fingerprint density at radius 2 is 2.31 bits per heavy atom. The Labute approximate surface area is 155 Å². The highest BCUT2D eigenvalue weighted by molar-refractivity contribution is 6.24. The Morgan fingerprint density at radius 3 is 3.12 bits per heavy atom. The van der Waals surface area contributed by atoms with Gasteiger partial charge in [0, 0.05) is 11.8 Å². The minimum absolute atomic E-state index is 0.109. The van der Waals surface area contributed by atoms with Gasteiger partial charge in [0.25, 0.3) is 0 Å². The van der Waals surface area contributed by atoms with Crippen molar-refractivity contribution < 1.29 is 18.6 Å². The van der Waals surface area contributed by atoms with Gasteiger partial charge in [-0.3, -0.25) is 0 Å². The first-order valence-corrected chi connectivity index (χ1v) is 8.79. The van der Waals surface area contributed by atoms with E-state index in [4.69, 9.17) is 30.2 Å². The van der Waals surface area contributed by atoms with E-state index in [1.54, 1.807) is 12.5 Å². The molecule has 2 aliphatic rings. The fourth-order valence-electron chi connectivity index (χ4n) is 2.75. The summed E-state index contributed by atoms with van der Waals surface area (Å²) in [5, 5.41) is 6.34. The highest BCUT2D eigenvalue weighted by atomic mass is 35.5. The molecule has 9 heteroatoms. The van der Waals surface area contributed by atoms with Crippen LogP contribution >= 0.6 is 11.6 Å². The zero-order valence-corrected chi connectivity index (χ0v) is 14.7. The van der Waals surface area contributed by atoms with Crippen LogP contribution in [-0.2, 0) is 16.0 Å². The molecule has 2 atom stereocenters. The summed E-state index contributed by atoms with van der Waals surface area (Å²) in [5.74, 6) is 1.91. The van der Waals surface area contributed by atoms with Crippen LogP contribution in [0.5, 0.6) is 5.88 Å². The lowest BCUT2D eigenvalue weighted by atomic mass is 10.1. The molecule has 138 valence electrons. The summed E-state index contributed by atoms with van der Waals surface area (Å²) < 4.78 is 22.2. The number of hydrogen-bond donors (Lipinski definition) is 2. The topological polar surface area (TPSA) is 90.1 Å². The number of aliphatic imine (C=N–C) groups is 1. The second-order valence-electron chi connectivity index (χ2n) is 5.81. The van der Waals surface area contributed by atoms with Crippen molar-refractivity contribution in [1.82, 2.24) is 10.3 Å². The van der Waals surface area contributed by atoms with Crippen LogP contribution in [-0.4, -0.2) is 49.0 Å². The molecule has 1 saturated heterocycles. The molecule has 0 saturated carbocycles. The summed E-state index contributed by atoms with van der Waals surface area (Å²) in [5.41, 5.74) is 0.905. The highest BCUT2D eigenvalue weighted by Crippen LogP contribution is 2.31. The first kappa shape index (κ1) is 17.1. The molecule has 2 unspecified atom stereocenters. The first-order chi connectivity index (χ1) is 12.8. The summed E-state index contributed by atoms with van der Waals surface area (Å²) in [4.78, 5) is 8.72. The van der Waals surface area contributed by atoms with E-state index >= 15 is 0 Å². The van der Waals surface area contributed by atoms with E-state index in [-0.39, 0.29) is 6.10 Å². The molecule has 2 aromatic heterocycles. The third-order valence-corrected chi connectivity index (χ3v) is 4.18. The number of aromatic nitrogens is 1. The molecule has 2 N–H and O–H groups in total. The molecule has 0 aromatic carbocycles. The van der Waals surface area contributed by atoms with Crippen LogP contribution in [0, 0.1) is 0 Å². The Morgan fingerprint density at radius 1 is 1.35 bits per heavy atom. The van der Waals surface area contributed by atoms with E-state index in [0.717, 1.165) is 11.3 Å². The van der Waals surface area contributed by atoms with Crippen molar-refractivity contribution >= 4 is 23.1 Å². The van der Waals surface area contributed by atoms with Crippen LogP contribution in [0.2, 0.25) is 0 Å². The van der Waals surface area contributed by atoms with Gasteiger partial charge in [-0.1, -0.05) is 11.6 Å². The smallest absolute Gasteiger partial charge is 0.238 e. The van der Waals surface area contributed by atoms with Crippen molar-refractivity contribution in [3.8, 4) is 5.88 Å². The lowest BCUT2D eigenvalue weighted by molar-refractivity contribution is -0.101. The number of nitrogens with zero attached hydrogens (tertiary/aromatic N) is 2. The molecule has 0 radical (unpaired) electrons. The van der Waals surface area contributed by atoms with E-state index in [9.17, 15) is 0 Å². The zero-order chi connectivity index (χ0) is 17.8. The maximum Gasteiger partial charge on any atom is 0.238 e. The largest absolute Gasteiger partial charge is 0.473 e. The first-order valence-electron chi connectivity index (χ1n) is 8.36. The predicted molar refractivity (Wildman–Crippen MR) is 95.6 cm³/mol. The molecular formula is C17H19ClN4O4. The number of fused-ring (bicyclic) bond motifs is 1. The Balaban J connectivity index is 1.48. The molecule has 4 heterocycles. The molecular weight excluding hydrogens is 360 g/mol. The molecule has 0 aliphatic carbocycles. The van der Waals surface area contributed by atoms with Gasteiger partial charge in [0.2, 0.25) is 5.88 Å². The molecule has 1 fully saturated rings. The number of pyridine rings is 1.